The van der Waals surface area contributed by atoms with Crippen LogP contribution in [-0.4, -0.2) is 6.26 Å². The minimum atomic E-state index is 0.423. The Bertz CT molecular complexity index is 519. The van der Waals surface area contributed by atoms with Crippen LogP contribution in [0.2, 0.25) is 0 Å². The van der Waals surface area contributed by atoms with E-state index in [1.807, 2.05) is 0 Å². The molecule has 0 aliphatic heterocycles. The van der Waals surface area contributed by atoms with Gasteiger partial charge in [0.1, 0.15) is 0 Å². The molecule has 2 heteroatoms. The predicted molar refractivity (Wildman–Crippen MR) is 93.7 cm³/mol. The molecule has 1 atom stereocenters. The Kier molecular flexibility index (Phi) is 6.34. The molecule has 0 aliphatic rings. The van der Waals surface area contributed by atoms with Gasteiger partial charge in [0.15, 0.2) is 0 Å². The van der Waals surface area contributed by atoms with Crippen LogP contribution in [0.25, 0.3) is 0 Å². The molecule has 1 unspecified atom stereocenters. The molecule has 2 aromatic rings. The van der Waals surface area contributed by atoms with Gasteiger partial charge in [0, 0.05) is 17.5 Å². The maximum absolute atomic E-state index is 3.71. The van der Waals surface area contributed by atoms with E-state index in [2.05, 4.69) is 80.0 Å². The van der Waals surface area contributed by atoms with Crippen LogP contribution in [0.3, 0.4) is 0 Å². The first-order chi connectivity index (χ1) is 10.2. The largest absolute Gasteiger partial charge is 0.306 e. The summed E-state index contributed by atoms with van der Waals surface area (Å²) in [6.45, 7) is 5.48. The van der Waals surface area contributed by atoms with Gasteiger partial charge in [-0.3, -0.25) is 0 Å². The molecule has 112 valence electrons. The van der Waals surface area contributed by atoms with Crippen LogP contribution in [-0.2, 0) is 6.54 Å². The standard InChI is InChI=1S/C19H25NS/c1-15(2)13-19(17-7-5-4-6-8-17)20-14-16-9-11-18(21-3)12-10-16/h4-12,15,19-20H,13-14H2,1-3H3. The Labute approximate surface area is 133 Å². The number of hydrogen-bond acceptors (Lipinski definition) is 2. The second kappa shape index (κ2) is 8.26. The van der Waals surface area contributed by atoms with Crippen LogP contribution in [0, 0.1) is 5.92 Å². The molecule has 0 bridgehead atoms. The van der Waals surface area contributed by atoms with E-state index in [1.165, 1.54) is 16.0 Å². The van der Waals surface area contributed by atoms with Crippen molar-refractivity contribution in [2.75, 3.05) is 6.26 Å². The molecule has 1 N–H and O–H groups in total. The molecule has 0 saturated heterocycles. The fourth-order valence-corrected chi connectivity index (χ4v) is 2.89. The molecule has 0 aromatic heterocycles. The van der Waals surface area contributed by atoms with E-state index in [9.17, 15) is 0 Å². The van der Waals surface area contributed by atoms with Gasteiger partial charge in [0.2, 0.25) is 0 Å². The summed E-state index contributed by atoms with van der Waals surface area (Å²) in [5.41, 5.74) is 2.73. The normalized spacial score (nSPS) is 12.6. The summed E-state index contributed by atoms with van der Waals surface area (Å²) in [6.07, 6.45) is 3.27. The van der Waals surface area contributed by atoms with Gasteiger partial charge in [-0.25, -0.2) is 0 Å². The lowest BCUT2D eigenvalue weighted by Crippen LogP contribution is -2.22. The average Bonchev–Trinajstić information content (AvgIpc) is 2.52. The molecule has 1 nitrogen and oxygen atoms in total. The molecule has 0 heterocycles. The molecule has 0 saturated carbocycles. The minimum absolute atomic E-state index is 0.423. The number of hydrogen-bond donors (Lipinski definition) is 1. The SMILES string of the molecule is CSc1ccc(CNC(CC(C)C)c2ccccc2)cc1. The van der Waals surface area contributed by atoms with Crippen molar-refractivity contribution in [3.05, 3.63) is 65.7 Å². The van der Waals surface area contributed by atoms with Crippen molar-refractivity contribution in [3.8, 4) is 0 Å². The Morgan fingerprint density at radius 3 is 2.19 bits per heavy atom. The van der Waals surface area contributed by atoms with Crippen molar-refractivity contribution >= 4 is 11.8 Å². The Morgan fingerprint density at radius 1 is 0.952 bits per heavy atom. The summed E-state index contributed by atoms with van der Waals surface area (Å²) in [5.74, 6) is 0.682. The monoisotopic (exact) mass is 299 g/mol. The maximum atomic E-state index is 3.71. The van der Waals surface area contributed by atoms with Gasteiger partial charge in [0.05, 0.1) is 0 Å². The predicted octanol–water partition coefficient (Wildman–Crippen LogP) is 5.29. The van der Waals surface area contributed by atoms with Crippen LogP contribution < -0.4 is 5.32 Å². The van der Waals surface area contributed by atoms with E-state index in [-0.39, 0.29) is 0 Å². The Hall–Kier alpha value is -1.25. The van der Waals surface area contributed by atoms with Gasteiger partial charge >= 0.3 is 0 Å². The zero-order valence-corrected chi connectivity index (χ0v) is 14.0. The lowest BCUT2D eigenvalue weighted by molar-refractivity contribution is 0.428. The van der Waals surface area contributed by atoms with Gasteiger partial charge in [-0.1, -0.05) is 56.3 Å². The highest BCUT2D eigenvalue weighted by molar-refractivity contribution is 7.98. The first kappa shape index (κ1) is 16.1. The average molecular weight is 299 g/mol. The Morgan fingerprint density at radius 2 is 1.62 bits per heavy atom. The topological polar surface area (TPSA) is 12.0 Å². The third-order valence-electron chi connectivity index (χ3n) is 3.62. The molecule has 0 spiro atoms. The van der Waals surface area contributed by atoms with Gasteiger partial charge in [-0.15, -0.1) is 11.8 Å². The molecular weight excluding hydrogens is 274 g/mol. The van der Waals surface area contributed by atoms with Crippen LogP contribution in [0.1, 0.15) is 37.4 Å². The number of benzene rings is 2. The van der Waals surface area contributed by atoms with Crippen LogP contribution in [0.5, 0.6) is 0 Å². The van der Waals surface area contributed by atoms with E-state index in [0.29, 0.717) is 12.0 Å². The fourth-order valence-electron chi connectivity index (χ4n) is 2.48. The first-order valence-electron chi connectivity index (χ1n) is 7.60. The van der Waals surface area contributed by atoms with Crippen molar-refractivity contribution in [2.24, 2.45) is 5.92 Å². The van der Waals surface area contributed by atoms with Crippen molar-refractivity contribution in [2.45, 2.75) is 37.8 Å². The zero-order chi connectivity index (χ0) is 15.1. The summed E-state index contributed by atoms with van der Waals surface area (Å²) in [6, 6.07) is 20.0. The van der Waals surface area contributed by atoms with Gasteiger partial charge in [-0.2, -0.15) is 0 Å². The molecule has 0 fully saturated rings. The van der Waals surface area contributed by atoms with Crippen molar-refractivity contribution in [1.82, 2.24) is 5.32 Å². The highest BCUT2D eigenvalue weighted by Gasteiger charge is 2.12. The molecular formula is C19H25NS. The second-order valence-electron chi connectivity index (χ2n) is 5.82. The highest BCUT2D eigenvalue weighted by Crippen LogP contribution is 2.22. The van der Waals surface area contributed by atoms with Crippen LogP contribution in [0.4, 0.5) is 0 Å². The summed E-state index contributed by atoms with van der Waals surface area (Å²) < 4.78 is 0. The third-order valence-corrected chi connectivity index (χ3v) is 4.36. The van der Waals surface area contributed by atoms with Gasteiger partial charge < -0.3 is 5.32 Å². The fraction of sp³-hybridized carbons (Fsp3) is 0.368. The lowest BCUT2D eigenvalue weighted by Gasteiger charge is -2.21. The number of rotatable bonds is 7. The molecule has 0 amide bonds. The summed E-state index contributed by atoms with van der Waals surface area (Å²) in [5, 5.41) is 3.71. The summed E-state index contributed by atoms with van der Waals surface area (Å²) in [4.78, 5) is 1.32. The molecule has 21 heavy (non-hydrogen) atoms. The van der Waals surface area contributed by atoms with E-state index in [4.69, 9.17) is 0 Å². The highest BCUT2D eigenvalue weighted by atomic mass is 32.2. The molecule has 0 radical (unpaired) electrons. The summed E-state index contributed by atoms with van der Waals surface area (Å²) in [7, 11) is 0. The minimum Gasteiger partial charge on any atom is -0.306 e. The maximum Gasteiger partial charge on any atom is 0.0325 e. The number of nitrogens with one attached hydrogen (secondary N) is 1. The molecule has 2 aromatic carbocycles. The second-order valence-corrected chi connectivity index (χ2v) is 6.70. The zero-order valence-electron chi connectivity index (χ0n) is 13.2. The quantitative estimate of drug-likeness (QED) is 0.698. The number of thioether (sulfide) groups is 1. The van der Waals surface area contributed by atoms with E-state index in [0.717, 1.165) is 13.0 Å². The third kappa shape index (κ3) is 5.22. The summed E-state index contributed by atoms with van der Waals surface area (Å²) >= 11 is 1.79. The van der Waals surface area contributed by atoms with E-state index >= 15 is 0 Å². The smallest absolute Gasteiger partial charge is 0.0325 e. The molecule has 2 rings (SSSR count). The van der Waals surface area contributed by atoms with E-state index in [1.54, 1.807) is 11.8 Å². The van der Waals surface area contributed by atoms with Crippen LogP contribution >= 0.6 is 11.8 Å². The van der Waals surface area contributed by atoms with Gasteiger partial charge in [-0.05, 0) is 41.9 Å². The van der Waals surface area contributed by atoms with Crippen LogP contribution in [0.15, 0.2) is 59.5 Å². The van der Waals surface area contributed by atoms with Gasteiger partial charge in [0.25, 0.3) is 0 Å². The first-order valence-corrected chi connectivity index (χ1v) is 8.82. The van der Waals surface area contributed by atoms with Crippen molar-refractivity contribution in [3.63, 3.8) is 0 Å². The van der Waals surface area contributed by atoms with Crippen molar-refractivity contribution < 1.29 is 0 Å². The lowest BCUT2D eigenvalue weighted by atomic mass is 9.97. The molecule has 0 aliphatic carbocycles. The van der Waals surface area contributed by atoms with Crippen molar-refractivity contribution in [1.29, 1.82) is 0 Å². The Balaban J connectivity index is 2.01. The van der Waals surface area contributed by atoms with E-state index < -0.39 is 0 Å².